The summed E-state index contributed by atoms with van der Waals surface area (Å²) in [6.45, 7) is 3.39. The maximum Gasteiger partial charge on any atom is 0.259 e. The highest BCUT2D eigenvalue weighted by Crippen LogP contribution is 2.25. The highest BCUT2D eigenvalue weighted by Gasteiger charge is 2.29. The van der Waals surface area contributed by atoms with Gasteiger partial charge in [0, 0.05) is 37.4 Å². The Morgan fingerprint density at radius 2 is 2.27 bits per heavy atom. The number of nitrogens with one attached hydrogen (secondary N) is 1. The number of fused-ring (bicyclic) bond motifs is 1. The van der Waals surface area contributed by atoms with Gasteiger partial charge in [0.2, 0.25) is 0 Å². The van der Waals surface area contributed by atoms with Crippen LogP contribution < -0.4 is 5.32 Å². The number of anilines is 1. The zero-order chi connectivity index (χ0) is 18.1. The molecule has 1 amide bonds. The Kier molecular flexibility index (Phi) is 4.26. The summed E-state index contributed by atoms with van der Waals surface area (Å²) in [4.78, 5) is 23.6. The fourth-order valence-electron chi connectivity index (χ4n) is 3.16. The van der Waals surface area contributed by atoms with Crippen LogP contribution in [0, 0.1) is 6.92 Å². The van der Waals surface area contributed by atoms with Gasteiger partial charge >= 0.3 is 0 Å². The van der Waals surface area contributed by atoms with Gasteiger partial charge in [-0.25, -0.2) is 9.50 Å². The second kappa shape index (κ2) is 6.72. The molecule has 0 saturated carbocycles. The summed E-state index contributed by atoms with van der Waals surface area (Å²) in [5.41, 5.74) is 3.77. The molecule has 0 spiro atoms. The molecule has 8 nitrogen and oxygen atoms in total. The van der Waals surface area contributed by atoms with Gasteiger partial charge in [-0.15, -0.1) is 0 Å². The number of aromatic nitrogens is 4. The van der Waals surface area contributed by atoms with Gasteiger partial charge in [-0.1, -0.05) is 0 Å². The van der Waals surface area contributed by atoms with E-state index in [-0.39, 0.29) is 12.0 Å². The molecule has 1 fully saturated rings. The summed E-state index contributed by atoms with van der Waals surface area (Å²) in [6.07, 6.45) is 4.75. The Balaban J connectivity index is 1.59. The first-order valence-electron chi connectivity index (χ1n) is 8.51. The van der Waals surface area contributed by atoms with E-state index < -0.39 is 0 Å². The number of rotatable bonds is 3. The van der Waals surface area contributed by atoms with Crippen molar-refractivity contribution in [2.24, 2.45) is 0 Å². The second-order valence-electron chi connectivity index (χ2n) is 6.23. The van der Waals surface area contributed by atoms with Crippen molar-refractivity contribution in [2.45, 2.75) is 13.0 Å². The molecule has 0 bridgehead atoms. The van der Waals surface area contributed by atoms with E-state index in [1.54, 1.807) is 34.1 Å². The largest absolute Gasteiger partial charge is 0.388 e. The molecule has 26 heavy (non-hydrogen) atoms. The first-order chi connectivity index (χ1) is 12.7. The lowest BCUT2D eigenvalue weighted by Crippen LogP contribution is -2.42. The van der Waals surface area contributed by atoms with Crippen LogP contribution in [0.3, 0.4) is 0 Å². The van der Waals surface area contributed by atoms with Crippen molar-refractivity contribution >= 4 is 17.2 Å². The van der Waals surface area contributed by atoms with E-state index >= 15 is 0 Å². The van der Waals surface area contributed by atoms with Crippen molar-refractivity contribution in [1.29, 1.82) is 0 Å². The lowest BCUT2D eigenvalue weighted by molar-refractivity contribution is -0.0247. The van der Waals surface area contributed by atoms with Crippen molar-refractivity contribution < 1.29 is 9.53 Å². The van der Waals surface area contributed by atoms with Crippen molar-refractivity contribution in [3.63, 3.8) is 0 Å². The molecule has 3 aromatic heterocycles. The first kappa shape index (κ1) is 16.5. The summed E-state index contributed by atoms with van der Waals surface area (Å²) in [5, 5.41) is 7.33. The Morgan fingerprint density at radius 3 is 3.12 bits per heavy atom. The average Bonchev–Trinajstić information content (AvgIpc) is 3.11. The smallest absolute Gasteiger partial charge is 0.259 e. The lowest BCUT2D eigenvalue weighted by Gasteiger charge is -2.32. The molecule has 1 atom stereocenters. The van der Waals surface area contributed by atoms with Crippen LogP contribution in [0.15, 0.2) is 36.8 Å². The third-order valence-electron chi connectivity index (χ3n) is 4.46. The molecule has 1 aliphatic heterocycles. The standard InChI is InChI=1S/C18H20N6O2/c1-12-8-13(19-2)9-15(22-12)16-11-23(6-7-26-16)18(25)14-10-21-24-5-3-4-20-17(14)24/h3-5,8-10,16H,6-7,11H2,1-2H3,(H,19,22)/t16-/m1/s1. The molecule has 1 aliphatic rings. The van der Waals surface area contributed by atoms with Crippen molar-refractivity contribution in [3.05, 3.63) is 53.7 Å². The topological polar surface area (TPSA) is 84.7 Å². The van der Waals surface area contributed by atoms with E-state index in [4.69, 9.17) is 4.74 Å². The Bertz CT molecular complexity index is 954. The number of morpholine rings is 1. The van der Waals surface area contributed by atoms with Crippen LogP contribution in [0.2, 0.25) is 0 Å². The summed E-state index contributed by atoms with van der Waals surface area (Å²) in [6, 6.07) is 5.71. The fraction of sp³-hybridized carbons (Fsp3) is 0.333. The van der Waals surface area contributed by atoms with E-state index in [1.807, 2.05) is 26.1 Å². The number of carbonyl (C=O) groups is 1. The van der Waals surface area contributed by atoms with Crippen molar-refractivity contribution in [3.8, 4) is 0 Å². The Labute approximate surface area is 150 Å². The number of aryl methyl sites for hydroxylation is 1. The Morgan fingerprint density at radius 1 is 1.38 bits per heavy atom. The molecule has 0 aliphatic carbocycles. The summed E-state index contributed by atoms with van der Waals surface area (Å²) in [7, 11) is 1.87. The van der Waals surface area contributed by atoms with Gasteiger partial charge in [0.05, 0.1) is 25.0 Å². The number of hydrogen-bond donors (Lipinski definition) is 1. The summed E-state index contributed by atoms with van der Waals surface area (Å²) < 4.78 is 7.49. The quantitative estimate of drug-likeness (QED) is 0.772. The molecule has 0 aromatic carbocycles. The van der Waals surface area contributed by atoms with Crippen LogP contribution in [0.1, 0.15) is 27.8 Å². The minimum Gasteiger partial charge on any atom is -0.388 e. The molecule has 3 aromatic rings. The van der Waals surface area contributed by atoms with Crippen LogP contribution >= 0.6 is 0 Å². The number of carbonyl (C=O) groups excluding carboxylic acids is 1. The predicted octanol–water partition coefficient (Wildman–Crippen LogP) is 1.69. The van der Waals surface area contributed by atoms with Crippen LogP contribution in [0.4, 0.5) is 5.69 Å². The average molecular weight is 352 g/mol. The summed E-state index contributed by atoms with van der Waals surface area (Å²) >= 11 is 0. The molecular weight excluding hydrogens is 332 g/mol. The van der Waals surface area contributed by atoms with Crippen LogP contribution in [-0.4, -0.2) is 57.1 Å². The molecule has 1 saturated heterocycles. The fourth-order valence-corrected chi connectivity index (χ4v) is 3.16. The van der Waals surface area contributed by atoms with Gasteiger partial charge in [-0.3, -0.25) is 9.78 Å². The second-order valence-corrected chi connectivity index (χ2v) is 6.23. The number of pyridine rings is 1. The maximum absolute atomic E-state index is 13.0. The van der Waals surface area contributed by atoms with Crippen molar-refractivity contribution in [2.75, 3.05) is 32.1 Å². The maximum atomic E-state index is 13.0. The Hall–Kier alpha value is -3.00. The minimum absolute atomic E-state index is 0.0894. The van der Waals surface area contributed by atoms with E-state index in [1.165, 1.54) is 0 Å². The zero-order valence-electron chi connectivity index (χ0n) is 14.7. The molecule has 1 N–H and O–H groups in total. The molecule has 0 radical (unpaired) electrons. The van der Waals surface area contributed by atoms with Crippen LogP contribution in [0.25, 0.3) is 5.65 Å². The van der Waals surface area contributed by atoms with E-state index in [0.717, 1.165) is 17.1 Å². The predicted molar refractivity (Wildman–Crippen MR) is 96.1 cm³/mol. The van der Waals surface area contributed by atoms with Gasteiger partial charge in [0.25, 0.3) is 5.91 Å². The third kappa shape index (κ3) is 2.99. The molecule has 0 unspecified atom stereocenters. The van der Waals surface area contributed by atoms with Crippen LogP contribution in [-0.2, 0) is 4.74 Å². The molecule has 8 heteroatoms. The van der Waals surface area contributed by atoms with Gasteiger partial charge in [-0.2, -0.15) is 5.10 Å². The van der Waals surface area contributed by atoms with Crippen LogP contribution in [0.5, 0.6) is 0 Å². The van der Waals surface area contributed by atoms with Gasteiger partial charge in [0.1, 0.15) is 11.7 Å². The number of hydrogen-bond acceptors (Lipinski definition) is 6. The molecule has 4 heterocycles. The highest BCUT2D eigenvalue weighted by atomic mass is 16.5. The minimum atomic E-state index is -0.255. The molecule has 134 valence electrons. The van der Waals surface area contributed by atoms with Gasteiger partial charge < -0.3 is 15.0 Å². The number of amides is 1. The monoisotopic (exact) mass is 352 g/mol. The van der Waals surface area contributed by atoms with E-state index in [2.05, 4.69) is 20.4 Å². The van der Waals surface area contributed by atoms with Gasteiger partial charge in [0.15, 0.2) is 5.65 Å². The number of nitrogens with zero attached hydrogens (tertiary/aromatic N) is 5. The first-order valence-corrected chi connectivity index (χ1v) is 8.51. The molecular formula is C18H20N6O2. The van der Waals surface area contributed by atoms with E-state index in [9.17, 15) is 4.79 Å². The third-order valence-corrected chi connectivity index (χ3v) is 4.46. The molecule has 4 rings (SSSR count). The van der Waals surface area contributed by atoms with Gasteiger partial charge in [-0.05, 0) is 25.1 Å². The van der Waals surface area contributed by atoms with E-state index in [0.29, 0.717) is 30.9 Å². The normalized spacial score (nSPS) is 17.5. The number of ether oxygens (including phenoxy) is 1. The van der Waals surface area contributed by atoms with Crippen molar-refractivity contribution in [1.82, 2.24) is 24.5 Å². The highest BCUT2D eigenvalue weighted by molar-refractivity contribution is 5.99. The summed E-state index contributed by atoms with van der Waals surface area (Å²) in [5.74, 6) is -0.0894. The SMILES string of the molecule is CNc1cc(C)nc([C@H]2CN(C(=O)c3cnn4cccnc34)CCO2)c1. The lowest BCUT2D eigenvalue weighted by atomic mass is 10.1. The zero-order valence-corrected chi connectivity index (χ0v) is 14.7.